The van der Waals surface area contributed by atoms with Crippen LogP contribution in [0.25, 0.3) is 66.1 Å². The molecule has 1 aliphatic rings. The lowest BCUT2D eigenvalue weighted by Crippen LogP contribution is -2.28. The van der Waals surface area contributed by atoms with Gasteiger partial charge in [-0.1, -0.05) is 194 Å². The van der Waals surface area contributed by atoms with Gasteiger partial charge < -0.3 is 9.32 Å². The molecule has 286 valence electrons. The van der Waals surface area contributed by atoms with Gasteiger partial charge in [0.05, 0.1) is 22.2 Å². The second-order valence-electron chi connectivity index (χ2n) is 16.0. The van der Waals surface area contributed by atoms with Crippen LogP contribution in [0.1, 0.15) is 22.3 Å². The highest BCUT2D eigenvalue weighted by atomic mass is 16.3. The van der Waals surface area contributed by atoms with E-state index in [2.05, 4.69) is 241 Å². The van der Waals surface area contributed by atoms with Gasteiger partial charge in [-0.2, -0.15) is 0 Å². The average Bonchev–Trinajstić information content (AvgIpc) is 3.88. The zero-order chi connectivity index (χ0) is 40.3. The maximum Gasteiger partial charge on any atom is 0.145 e. The fraction of sp³-hybridized carbons (Fsp3) is 0.0169. The van der Waals surface area contributed by atoms with Gasteiger partial charge in [0.25, 0.3) is 0 Å². The van der Waals surface area contributed by atoms with Crippen molar-refractivity contribution in [1.82, 2.24) is 0 Å². The van der Waals surface area contributed by atoms with E-state index in [1.165, 1.54) is 55.3 Å². The van der Waals surface area contributed by atoms with Gasteiger partial charge >= 0.3 is 0 Å². The number of para-hydroxylation sites is 1. The van der Waals surface area contributed by atoms with Crippen molar-refractivity contribution < 1.29 is 4.42 Å². The number of rotatable bonds is 7. The minimum Gasteiger partial charge on any atom is -0.455 e. The van der Waals surface area contributed by atoms with Crippen LogP contribution in [0, 0.1) is 0 Å². The van der Waals surface area contributed by atoms with Gasteiger partial charge in [0.1, 0.15) is 11.2 Å². The number of anilines is 3. The van der Waals surface area contributed by atoms with Crippen LogP contribution in [0.5, 0.6) is 0 Å². The lowest BCUT2D eigenvalue weighted by molar-refractivity contribution is 0.670. The third kappa shape index (κ3) is 5.43. The normalized spacial score (nSPS) is 12.7. The topological polar surface area (TPSA) is 16.4 Å². The SMILES string of the molecule is c1ccc(-c2ccc(N(c3ccc(-c4ccc5ccccc5c4)cc3)c3cccc4c3-c3ccccc3C4(c3ccccc3)c3ccccc3)c3c2oc2ccccc23)cc1. The Morgan fingerprint density at radius 2 is 1.00 bits per heavy atom. The van der Waals surface area contributed by atoms with Crippen LogP contribution in [0.2, 0.25) is 0 Å². The Morgan fingerprint density at radius 3 is 1.77 bits per heavy atom. The fourth-order valence-electron chi connectivity index (χ4n) is 10.1. The van der Waals surface area contributed by atoms with E-state index in [0.29, 0.717) is 0 Å². The molecular weight excluding hydrogens is 739 g/mol. The molecule has 0 saturated heterocycles. The molecule has 0 atom stereocenters. The predicted octanol–water partition coefficient (Wildman–Crippen LogP) is 15.9. The summed E-state index contributed by atoms with van der Waals surface area (Å²) in [6.45, 7) is 0. The Kier molecular flexibility index (Phi) is 8.11. The molecule has 1 aromatic heterocycles. The first kappa shape index (κ1) is 35.0. The van der Waals surface area contributed by atoms with Crippen LogP contribution in [0.4, 0.5) is 17.1 Å². The highest BCUT2D eigenvalue weighted by Crippen LogP contribution is 2.60. The molecule has 1 heterocycles. The van der Waals surface area contributed by atoms with Crippen LogP contribution >= 0.6 is 0 Å². The first-order valence-electron chi connectivity index (χ1n) is 21.0. The maximum atomic E-state index is 6.88. The molecule has 11 aromatic rings. The van der Waals surface area contributed by atoms with Crippen molar-refractivity contribution in [3.63, 3.8) is 0 Å². The zero-order valence-corrected chi connectivity index (χ0v) is 33.4. The molecule has 61 heavy (non-hydrogen) atoms. The molecule has 12 rings (SSSR count). The summed E-state index contributed by atoms with van der Waals surface area (Å²) in [4.78, 5) is 2.48. The summed E-state index contributed by atoms with van der Waals surface area (Å²) in [5, 5.41) is 4.64. The second kappa shape index (κ2) is 14.1. The van der Waals surface area contributed by atoms with Gasteiger partial charge in [-0.15, -0.1) is 0 Å². The number of fused-ring (bicyclic) bond motifs is 7. The van der Waals surface area contributed by atoms with Crippen molar-refractivity contribution >= 4 is 49.8 Å². The average molecular weight is 778 g/mol. The van der Waals surface area contributed by atoms with Crippen LogP contribution in [0.3, 0.4) is 0 Å². The van der Waals surface area contributed by atoms with Gasteiger partial charge in [-0.3, -0.25) is 0 Å². The van der Waals surface area contributed by atoms with Crippen molar-refractivity contribution in [3.8, 4) is 33.4 Å². The lowest BCUT2D eigenvalue weighted by Gasteiger charge is -2.34. The van der Waals surface area contributed by atoms with Gasteiger partial charge in [0, 0.05) is 22.2 Å². The number of hydrogen-bond acceptors (Lipinski definition) is 2. The Morgan fingerprint density at radius 1 is 0.377 bits per heavy atom. The highest BCUT2D eigenvalue weighted by Gasteiger charge is 2.47. The molecule has 2 nitrogen and oxygen atoms in total. The minimum absolute atomic E-state index is 0.537. The molecule has 2 heteroatoms. The van der Waals surface area contributed by atoms with E-state index >= 15 is 0 Å². The summed E-state index contributed by atoms with van der Waals surface area (Å²) in [6, 6.07) is 86.0. The molecule has 0 amide bonds. The Labute approximate surface area is 355 Å². The molecule has 0 spiro atoms. The summed E-state index contributed by atoms with van der Waals surface area (Å²) >= 11 is 0. The molecule has 0 unspecified atom stereocenters. The molecular formula is C59H39NO. The second-order valence-corrected chi connectivity index (χ2v) is 16.0. The monoisotopic (exact) mass is 777 g/mol. The van der Waals surface area contributed by atoms with Gasteiger partial charge in [-0.25, -0.2) is 0 Å². The summed E-state index contributed by atoms with van der Waals surface area (Å²) in [6.07, 6.45) is 0. The minimum atomic E-state index is -0.537. The van der Waals surface area contributed by atoms with Crippen LogP contribution in [-0.2, 0) is 5.41 Å². The third-order valence-corrected chi connectivity index (χ3v) is 12.7. The van der Waals surface area contributed by atoms with Crippen molar-refractivity contribution in [2.45, 2.75) is 5.41 Å². The quantitative estimate of drug-likeness (QED) is 0.160. The number of furan rings is 1. The van der Waals surface area contributed by atoms with Crippen LogP contribution in [0.15, 0.2) is 241 Å². The smallest absolute Gasteiger partial charge is 0.145 e. The molecule has 0 aliphatic heterocycles. The van der Waals surface area contributed by atoms with Gasteiger partial charge in [0.2, 0.25) is 0 Å². The van der Waals surface area contributed by atoms with Crippen molar-refractivity contribution in [2.24, 2.45) is 0 Å². The van der Waals surface area contributed by atoms with E-state index in [0.717, 1.165) is 50.1 Å². The number of nitrogens with zero attached hydrogens (tertiary/aromatic N) is 1. The molecule has 0 bridgehead atoms. The van der Waals surface area contributed by atoms with Gasteiger partial charge in [-0.05, 0) is 97.7 Å². The molecule has 10 aromatic carbocycles. The first-order chi connectivity index (χ1) is 30.3. The van der Waals surface area contributed by atoms with E-state index < -0.39 is 5.41 Å². The maximum absolute atomic E-state index is 6.88. The summed E-state index contributed by atoms with van der Waals surface area (Å²) in [7, 11) is 0. The summed E-state index contributed by atoms with van der Waals surface area (Å²) < 4.78 is 6.88. The van der Waals surface area contributed by atoms with Crippen LogP contribution in [-0.4, -0.2) is 0 Å². The largest absolute Gasteiger partial charge is 0.455 e. The summed E-state index contributed by atoms with van der Waals surface area (Å²) in [5.74, 6) is 0. The van der Waals surface area contributed by atoms with E-state index in [4.69, 9.17) is 4.42 Å². The Balaban J connectivity index is 1.16. The predicted molar refractivity (Wildman–Crippen MR) is 254 cm³/mol. The van der Waals surface area contributed by atoms with Crippen molar-refractivity contribution in [2.75, 3.05) is 4.90 Å². The van der Waals surface area contributed by atoms with E-state index in [9.17, 15) is 0 Å². The molecule has 0 N–H and O–H groups in total. The third-order valence-electron chi connectivity index (χ3n) is 12.7. The molecule has 0 saturated carbocycles. The van der Waals surface area contributed by atoms with E-state index in [-0.39, 0.29) is 0 Å². The number of hydrogen-bond donors (Lipinski definition) is 0. The Bertz CT molecular complexity index is 3360. The fourth-order valence-corrected chi connectivity index (χ4v) is 10.1. The van der Waals surface area contributed by atoms with Gasteiger partial charge in [0.15, 0.2) is 0 Å². The zero-order valence-electron chi connectivity index (χ0n) is 33.4. The number of benzene rings is 10. The highest BCUT2D eigenvalue weighted by molar-refractivity contribution is 6.17. The van der Waals surface area contributed by atoms with E-state index in [1.54, 1.807) is 0 Å². The molecule has 0 radical (unpaired) electrons. The first-order valence-corrected chi connectivity index (χ1v) is 21.0. The molecule has 0 fully saturated rings. The lowest BCUT2D eigenvalue weighted by atomic mass is 9.68. The standard InChI is InChI=1S/C59H39NO/c1-4-18-42(19-5-1)48-37-38-54(57-50-26-13-15-30-55(50)61-58(48)57)60(47-35-33-41(34-36-47)44-32-31-40-17-10-11-20-43(40)39-44)53-29-16-28-52-56(53)49-25-12-14-27-51(49)59(52,45-21-6-2-7-22-45)46-23-8-3-9-24-46/h1-39H. The van der Waals surface area contributed by atoms with Crippen molar-refractivity contribution in [1.29, 1.82) is 0 Å². The summed E-state index contributed by atoms with van der Waals surface area (Å²) in [5.41, 5.74) is 16.4. The van der Waals surface area contributed by atoms with Crippen molar-refractivity contribution in [3.05, 3.63) is 259 Å². The van der Waals surface area contributed by atoms with Crippen LogP contribution < -0.4 is 4.90 Å². The molecule has 1 aliphatic carbocycles. The Hall–Kier alpha value is -7.94. The van der Waals surface area contributed by atoms with E-state index in [1.807, 2.05) is 0 Å².